The second-order valence-electron chi connectivity index (χ2n) is 5.72. The maximum absolute atomic E-state index is 6.00. The van der Waals surface area contributed by atoms with Gasteiger partial charge in [-0.05, 0) is 38.8 Å². The van der Waals surface area contributed by atoms with E-state index in [9.17, 15) is 0 Å². The van der Waals surface area contributed by atoms with Crippen LogP contribution in [-0.4, -0.2) is 46.3 Å². The summed E-state index contributed by atoms with van der Waals surface area (Å²) in [6, 6.07) is 0. The monoisotopic (exact) mass is 299 g/mol. The number of halogens is 1. The molecule has 6 nitrogen and oxygen atoms in total. The lowest BCUT2D eigenvalue weighted by Crippen LogP contribution is -2.52. The van der Waals surface area contributed by atoms with Crippen LogP contribution in [0.25, 0.3) is 0 Å². The van der Waals surface area contributed by atoms with E-state index >= 15 is 0 Å². The van der Waals surface area contributed by atoms with Crippen LogP contribution < -0.4 is 10.2 Å². The molecule has 1 fully saturated rings. The molecule has 1 N–H and O–H groups in total. The third-order valence-corrected chi connectivity index (χ3v) is 3.15. The summed E-state index contributed by atoms with van der Waals surface area (Å²) in [5, 5.41) is 3.36. The zero-order chi connectivity index (χ0) is 14.8. The summed E-state index contributed by atoms with van der Waals surface area (Å²) in [5.41, 5.74) is -0.228. The Morgan fingerprint density at radius 3 is 2.80 bits per heavy atom. The van der Waals surface area contributed by atoms with Gasteiger partial charge in [0.1, 0.15) is 0 Å². The average molecular weight is 300 g/mol. The third-order valence-electron chi connectivity index (χ3n) is 2.98. The summed E-state index contributed by atoms with van der Waals surface area (Å²) in [5.74, 6) is 1.13. The minimum atomic E-state index is -0.228. The number of nitrogens with zero attached hydrogens (tertiary/aromatic N) is 4. The zero-order valence-corrected chi connectivity index (χ0v) is 13.2. The third kappa shape index (κ3) is 3.93. The summed E-state index contributed by atoms with van der Waals surface area (Å²) >= 11 is 6.00. The van der Waals surface area contributed by atoms with E-state index in [0.29, 0.717) is 11.9 Å². The van der Waals surface area contributed by atoms with Gasteiger partial charge in [0.2, 0.25) is 17.2 Å². The molecule has 1 atom stereocenters. The number of nitrogens with one attached hydrogen (secondary N) is 1. The van der Waals surface area contributed by atoms with Gasteiger partial charge in [-0.25, -0.2) is 0 Å². The van der Waals surface area contributed by atoms with Crippen molar-refractivity contribution in [3.8, 4) is 0 Å². The largest absolute Gasteiger partial charge is 0.369 e. The van der Waals surface area contributed by atoms with Gasteiger partial charge >= 0.3 is 0 Å². The number of rotatable bonds is 4. The lowest BCUT2D eigenvalue weighted by Gasteiger charge is -2.41. The van der Waals surface area contributed by atoms with E-state index in [-0.39, 0.29) is 17.0 Å². The summed E-state index contributed by atoms with van der Waals surface area (Å²) in [4.78, 5) is 14.9. The predicted octanol–water partition coefficient (Wildman–Crippen LogP) is 2.35. The highest BCUT2D eigenvalue weighted by Crippen LogP contribution is 2.24. The molecule has 1 aliphatic heterocycles. The molecule has 2 heterocycles. The molecule has 0 aliphatic carbocycles. The molecular formula is C13H22ClN5O. The maximum Gasteiger partial charge on any atom is 0.231 e. The van der Waals surface area contributed by atoms with Crippen molar-refractivity contribution in [1.29, 1.82) is 0 Å². The van der Waals surface area contributed by atoms with E-state index in [1.807, 2.05) is 6.92 Å². The topological polar surface area (TPSA) is 63.2 Å². The van der Waals surface area contributed by atoms with Crippen molar-refractivity contribution in [2.45, 2.75) is 45.8 Å². The summed E-state index contributed by atoms with van der Waals surface area (Å²) in [7, 11) is 0. The Kier molecular flexibility index (Phi) is 4.65. The lowest BCUT2D eigenvalue weighted by atomic mass is 10.1. The second-order valence-corrected chi connectivity index (χ2v) is 6.06. The van der Waals surface area contributed by atoms with Gasteiger partial charge < -0.3 is 15.0 Å². The fourth-order valence-corrected chi connectivity index (χ4v) is 2.56. The van der Waals surface area contributed by atoms with Crippen LogP contribution in [0.4, 0.5) is 11.9 Å². The quantitative estimate of drug-likeness (QED) is 0.921. The Labute approximate surface area is 124 Å². The second kappa shape index (κ2) is 6.10. The number of aromatic nitrogens is 3. The van der Waals surface area contributed by atoms with Gasteiger partial charge in [0, 0.05) is 19.6 Å². The standard InChI is InChI=1S/C13H22ClN5O/c1-5-6-15-11-16-10(14)17-12(18-11)19-7-9(2)20-13(3,4)8-19/h9H,5-8H2,1-4H3,(H,15,16,17,18). The van der Waals surface area contributed by atoms with Crippen molar-refractivity contribution in [2.24, 2.45) is 0 Å². The van der Waals surface area contributed by atoms with Crippen molar-refractivity contribution >= 4 is 23.5 Å². The molecule has 0 saturated carbocycles. The van der Waals surface area contributed by atoms with E-state index in [4.69, 9.17) is 16.3 Å². The Morgan fingerprint density at radius 2 is 2.15 bits per heavy atom. The highest BCUT2D eigenvalue weighted by atomic mass is 35.5. The Balaban J connectivity index is 2.20. The molecule has 0 bridgehead atoms. The van der Waals surface area contributed by atoms with E-state index < -0.39 is 0 Å². The van der Waals surface area contributed by atoms with E-state index in [1.165, 1.54) is 0 Å². The summed E-state index contributed by atoms with van der Waals surface area (Å²) in [6.07, 6.45) is 1.13. The first kappa shape index (κ1) is 15.3. The van der Waals surface area contributed by atoms with E-state index in [1.54, 1.807) is 0 Å². The molecule has 20 heavy (non-hydrogen) atoms. The summed E-state index contributed by atoms with van der Waals surface area (Å²) in [6.45, 7) is 10.5. The molecule has 1 aromatic rings. The number of ether oxygens (including phenoxy) is 1. The summed E-state index contributed by atoms with van der Waals surface area (Å²) < 4.78 is 5.89. The van der Waals surface area contributed by atoms with Gasteiger partial charge in [0.25, 0.3) is 0 Å². The van der Waals surface area contributed by atoms with Crippen LogP contribution in [0.1, 0.15) is 34.1 Å². The van der Waals surface area contributed by atoms with Crippen molar-refractivity contribution in [3.63, 3.8) is 0 Å². The van der Waals surface area contributed by atoms with Crippen molar-refractivity contribution in [1.82, 2.24) is 15.0 Å². The molecule has 0 radical (unpaired) electrons. The van der Waals surface area contributed by atoms with Crippen LogP contribution >= 0.6 is 11.6 Å². The Bertz CT molecular complexity index is 468. The lowest BCUT2D eigenvalue weighted by molar-refractivity contribution is -0.0753. The molecule has 7 heteroatoms. The molecule has 112 valence electrons. The number of hydrogen-bond donors (Lipinski definition) is 1. The molecule has 2 rings (SSSR count). The zero-order valence-electron chi connectivity index (χ0n) is 12.5. The van der Waals surface area contributed by atoms with Crippen LogP contribution in [0.5, 0.6) is 0 Å². The van der Waals surface area contributed by atoms with Crippen molar-refractivity contribution in [3.05, 3.63) is 5.28 Å². The number of anilines is 2. The highest BCUT2D eigenvalue weighted by molar-refractivity contribution is 6.28. The molecule has 0 spiro atoms. The smallest absolute Gasteiger partial charge is 0.231 e. The Morgan fingerprint density at radius 1 is 1.40 bits per heavy atom. The molecule has 0 amide bonds. The van der Waals surface area contributed by atoms with Gasteiger partial charge in [-0.2, -0.15) is 15.0 Å². The first-order chi connectivity index (χ1) is 9.39. The predicted molar refractivity (Wildman–Crippen MR) is 80.5 cm³/mol. The van der Waals surface area contributed by atoms with Gasteiger partial charge in [-0.3, -0.25) is 0 Å². The first-order valence-corrected chi connectivity index (χ1v) is 7.35. The molecule has 1 aromatic heterocycles. The first-order valence-electron chi connectivity index (χ1n) is 6.98. The number of hydrogen-bond acceptors (Lipinski definition) is 6. The maximum atomic E-state index is 6.00. The van der Waals surface area contributed by atoms with Gasteiger partial charge in [0.05, 0.1) is 11.7 Å². The molecule has 0 aromatic carbocycles. The van der Waals surface area contributed by atoms with Crippen LogP contribution in [0.2, 0.25) is 5.28 Å². The Hall–Kier alpha value is -1.14. The van der Waals surface area contributed by atoms with Crippen LogP contribution in [0, 0.1) is 0 Å². The number of morpholine rings is 1. The molecule has 1 saturated heterocycles. The molecular weight excluding hydrogens is 278 g/mol. The van der Waals surface area contributed by atoms with Crippen molar-refractivity contribution < 1.29 is 4.74 Å². The molecule has 1 unspecified atom stereocenters. The van der Waals surface area contributed by atoms with E-state index in [2.05, 4.69) is 45.9 Å². The van der Waals surface area contributed by atoms with Crippen LogP contribution in [0.15, 0.2) is 0 Å². The van der Waals surface area contributed by atoms with Gasteiger partial charge in [-0.15, -0.1) is 0 Å². The van der Waals surface area contributed by atoms with Gasteiger partial charge in [0.15, 0.2) is 0 Å². The average Bonchev–Trinajstić information content (AvgIpc) is 2.33. The fourth-order valence-electron chi connectivity index (χ4n) is 2.40. The normalized spacial score (nSPS) is 21.9. The SMILES string of the molecule is CCCNc1nc(Cl)nc(N2CC(C)OC(C)(C)C2)n1. The minimum absolute atomic E-state index is 0.126. The fraction of sp³-hybridized carbons (Fsp3) is 0.769. The van der Waals surface area contributed by atoms with Crippen molar-refractivity contribution in [2.75, 3.05) is 29.9 Å². The minimum Gasteiger partial charge on any atom is -0.369 e. The highest BCUT2D eigenvalue weighted by Gasteiger charge is 2.32. The van der Waals surface area contributed by atoms with Crippen LogP contribution in [-0.2, 0) is 4.74 Å². The van der Waals surface area contributed by atoms with Gasteiger partial charge in [-0.1, -0.05) is 6.92 Å². The van der Waals surface area contributed by atoms with E-state index in [0.717, 1.165) is 26.1 Å². The van der Waals surface area contributed by atoms with Crippen LogP contribution in [0.3, 0.4) is 0 Å². The molecule has 1 aliphatic rings.